The van der Waals surface area contributed by atoms with Gasteiger partial charge in [-0.2, -0.15) is 0 Å². The molecule has 4 N–H and O–H groups in total. The molecule has 2 unspecified atom stereocenters. The van der Waals surface area contributed by atoms with Crippen molar-refractivity contribution in [2.75, 3.05) is 26.0 Å². The Kier molecular flexibility index (Phi) is 7.09. The molecule has 0 aromatic carbocycles. The zero-order valence-corrected chi connectivity index (χ0v) is 14.6. The van der Waals surface area contributed by atoms with E-state index >= 15 is 0 Å². The molecule has 0 aliphatic heterocycles. The number of sulfonamides is 1. The van der Waals surface area contributed by atoms with Gasteiger partial charge in [-0.15, -0.1) is 12.4 Å². The fourth-order valence-corrected chi connectivity index (χ4v) is 2.86. The van der Waals surface area contributed by atoms with Crippen LogP contribution >= 0.6 is 12.4 Å². The van der Waals surface area contributed by atoms with E-state index in [0.717, 1.165) is 6.26 Å². The Labute approximate surface area is 132 Å². The molecule has 0 saturated heterocycles. The van der Waals surface area contributed by atoms with Gasteiger partial charge < -0.3 is 15.8 Å². The third-order valence-electron chi connectivity index (χ3n) is 4.01. The molecule has 1 aliphatic carbocycles. The molecule has 1 rings (SSSR count). The summed E-state index contributed by atoms with van der Waals surface area (Å²) in [4.78, 5) is 12.2. The number of nitrogens with two attached hydrogens (primary N) is 1. The van der Waals surface area contributed by atoms with E-state index in [-0.39, 0.29) is 37.5 Å². The van der Waals surface area contributed by atoms with Crippen LogP contribution in [0.1, 0.15) is 27.2 Å². The maximum Gasteiger partial charge on any atom is 0.240 e. The van der Waals surface area contributed by atoms with Gasteiger partial charge in [-0.1, -0.05) is 13.8 Å². The summed E-state index contributed by atoms with van der Waals surface area (Å²) in [6, 6.07) is 0. The molecule has 1 fully saturated rings. The molecule has 0 aromatic rings. The second kappa shape index (κ2) is 7.23. The Hall–Kier alpha value is -0.410. The molecule has 9 heteroatoms. The quantitative estimate of drug-likeness (QED) is 0.545. The summed E-state index contributed by atoms with van der Waals surface area (Å²) in [5, 5.41) is 2.67. The van der Waals surface area contributed by atoms with E-state index < -0.39 is 21.0 Å². The van der Waals surface area contributed by atoms with Crippen molar-refractivity contribution in [1.29, 1.82) is 0 Å². The Bertz CT molecular complexity index is 469. The summed E-state index contributed by atoms with van der Waals surface area (Å²) in [5.74, 6) is -0.270. The van der Waals surface area contributed by atoms with Crippen LogP contribution in [-0.4, -0.2) is 51.9 Å². The predicted octanol–water partition coefficient (Wildman–Crippen LogP) is -0.394. The molecule has 0 aromatic heterocycles. The molecule has 1 aliphatic rings. The van der Waals surface area contributed by atoms with Crippen LogP contribution in [0.5, 0.6) is 0 Å². The molecule has 126 valence electrons. The smallest absolute Gasteiger partial charge is 0.240 e. The van der Waals surface area contributed by atoms with Gasteiger partial charge in [-0.25, -0.2) is 13.1 Å². The number of amides is 1. The average molecular weight is 344 g/mol. The predicted molar refractivity (Wildman–Crippen MR) is 83.8 cm³/mol. The van der Waals surface area contributed by atoms with Gasteiger partial charge in [0.05, 0.1) is 12.4 Å². The van der Waals surface area contributed by atoms with Gasteiger partial charge in [0.25, 0.3) is 0 Å². The average Bonchev–Trinajstić information content (AvgIpc) is 2.32. The standard InChI is InChI=1S/C12H25N3O4S.ClH/c1-5-19-9-8-12(13,11(9,2)3)10(16)14-6-7-15-20(4,17)18;/h9,15H,5-8,13H2,1-4H3,(H,14,16);1H. The number of rotatable bonds is 7. The first kappa shape index (κ1) is 20.6. The fourth-order valence-electron chi connectivity index (χ4n) is 2.39. The molecule has 0 radical (unpaired) electrons. The number of hydrogen-bond donors (Lipinski definition) is 3. The first-order valence-electron chi connectivity index (χ1n) is 6.68. The summed E-state index contributed by atoms with van der Waals surface area (Å²) in [6.45, 7) is 6.67. The van der Waals surface area contributed by atoms with Gasteiger partial charge in [0, 0.05) is 31.5 Å². The van der Waals surface area contributed by atoms with Gasteiger partial charge in [0.2, 0.25) is 15.9 Å². The van der Waals surface area contributed by atoms with Gasteiger partial charge in [-0.05, 0) is 6.92 Å². The van der Waals surface area contributed by atoms with Gasteiger partial charge in [-0.3, -0.25) is 4.79 Å². The molecule has 1 saturated carbocycles. The van der Waals surface area contributed by atoms with E-state index in [2.05, 4.69) is 10.0 Å². The largest absolute Gasteiger partial charge is 0.378 e. The number of nitrogens with one attached hydrogen (secondary N) is 2. The van der Waals surface area contributed by atoms with Gasteiger partial charge in [0.1, 0.15) is 5.54 Å². The molecular weight excluding hydrogens is 318 g/mol. The monoisotopic (exact) mass is 343 g/mol. The van der Waals surface area contributed by atoms with E-state index in [9.17, 15) is 13.2 Å². The van der Waals surface area contributed by atoms with E-state index in [1.807, 2.05) is 20.8 Å². The molecule has 1 amide bonds. The molecule has 0 spiro atoms. The highest BCUT2D eigenvalue weighted by Gasteiger charge is 2.62. The Morgan fingerprint density at radius 2 is 1.95 bits per heavy atom. The molecule has 2 atom stereocenters. The van der Waals surface area contributed by atoms with E-state index in [4.69, 9.17) is 10.5 Å². The van der Waals surface area contributed by atoms with Gasteiger partial charge in [0.15, 0.2) is 0 Å². The molecule has 21 heavy (non-hydrogen) atoms. The van der Waals surface area contributed by atoms with Crippen LogP contribution in [0, 0.1) is 5.41 Å². The minimum atomic E-state index is -3.24. The van der Waals surface area contributed by atoms with Gasteiger partial charge >= 0.3 is 0 Å². The lowest BCUT2D eigenvalue weighted by Crippen LogP contribution is -2.75. The van der Waals surface area contributed by atoms with Crippen LogP contribution in [0.15, 0.2) is 0 Å². The highest BCUT2D eigenvalue weighted by atomic mass is 35.5. The molecular formula is C12H26ClN3O4S. The minimum Gasteiger partial charge on any atom is -0.378 e. The lowest BCUT2D eigenvalue weighted by molar-refractivity contribution is -0.170. The topological polar surface area (TPSA) is 111 Å². The number of carbonyl (C=O) groups excluding carboxylic acids is 1. The summed E-state index contributed by atoms with van der Waals surface area (Å²) >= 11 is 0. The van der Waals surface area contributed by atoms with Crippen molar-refractivity contribution in [2.24, 2.45) is 11.1 Å². The van der Waals surface area contributed by atoms with Crippen molar-refractivity contribution in [3.05, 3.63) is 0 Å². The molecule has 0 heterocycles. The Morgan fingerprint density at radius 1 is 1.38 bits per heavy atom. The van der Waals surface area contributed by atoms with Crippen molar-refractivity contribution < 1.29 is 17.9 Å². The molecule has 0 bridgehead atoms. The van der Waals surface area contributed by atoms with Crippen molar-refractivity contribution in [1.82, 2.24) is 10.0 Å². The Morgan fingerprint density at radius 3 is 2.38 bits per heavy atom. The lowest BCUT2D eigenvalue weighted by atomic mass is 9.54. The fraction of sp³-hybridized carbons (Fsp3) is 0.917. The summed E-state index contributed by atoms with van der Waals surface area (Å²) < 4.78 is 29.7. The highest BCUT2D eigenvalue weighted by Crippen LogP contribution is 2.49. The number of halogens is 1. The third-order valence-corrected chi connectivity index (χ3v) is 4.74. The second-order valence-electron chi connectivity index (χ2n) is 5.76. The van der Waals surface area contributed by atoms with Crippen LogP contribution in [0.25, 0.3) is 0 Å². The maximum absolute atomic E-state index is 12.2. The van der Waals surface area contributed by atoms with Crippen LogP contribution < -0.4 is 15.8 Å². The van der Waals surface area contributed by atoms with Crippen LogP contribution in [0.3, 0.4) is 0 Å². The first-order chi connectivity index (χ1) is 9.04. The van der Waals surface area contributed by atoms with Crippen molar-refractivity contribution in [3.8, 4) is 0 Å². The first-order valence-corrected chi connectivity index (χ1v) is 8.57. The van der Waals surface area contributed by atoms with Crippen molar-refractivity contribution in [2.45, 2.75) is 38.8 Å². The lowest BCUT2D eigenvalue weighted by Gasteiger charge is -2.57. The van der Waals surface area contributed by atoms with E-state index in [1.165, 1.54) is 0 Å². The van der Waals surface area contributed by atoms with Crippen molar-refractivity contribution >= 4 is 28.3 Å². The second-order valence-corrected chi connectivity index (χ2v) is 7.60. The van der Waals surface area contributed by atoms with E-state index in [0.29, 0.717) is 13.0 Å². The minimum absolute atomic E-state index is 0. The Balaban J connectivity index is 0.00000400. The number of ether oxygens (including phenoxy) is 1. The summed E-state index contributed by atoms with van der Waals surface area (Å²) in [5.41, 5.74) is 4.76. The SMILES string of the molecule is CCOC1CC(N)(C(=O)NCCNS(C)(=O)=O)C1(C)C.Cl. The third kappa shape index (κ3) is 4.53. The normalized spacial score (nSPS) is 27.4. The number of carbonyl (C=O) groups is 1. The summed E-state index contributed by atoms with van der Waals surface area (Å²) in [7, 11) is -3.24. The zero-order chi connectivity index (χ0) is 15.6. The van der Waals surface area contributed by atoms with Crippen molar-refractivity contribution in [3.63, 3.8) is 0 Å². The summed E-state index contributed by atoms with van der Waals surface area (Å²) in [6.07, 6.45) is 1.51. The van der Waals surface area contributed by atoms with Crippen LogP contribution in [0.4, 0.5) is 0 Å². The molecule has 7 nitrogen and oxygen atoms in total. The highest BCUT2D eigenvalue weighted by molar-refractivity contribution is 7.88. The van der Waals surface area contributed by atoms with E-state index in [1.54, 1.807) is 0 Å². The number of hydrogen-bond acceptors (Lipinski definition) is 5. The maximum atomic E-state index is 12.2. The zero-order valence-electron chi connectivity index (χ0n) is 12.9. The van der Waals surface area contributed by atoms with Crippen LogP contribution in [0.2, 0.25) is 0 Å². The van der Waals surface area contributed by atoms with Crippen LogP contribution in [-0.2, 0) is 19.6 Å².